The first-order chi connectivity index (χ1) is 11.2. The molecule has 4 heteroatoms. The lowest BCUT2D eigenvalue weighted by Crippen LogP contribution is -2.47. The van der Waals surface area contributed by atoms with Gasteiger partial charge in [-0.1, -0.05) is 43.2 Å². The molecule has 0 saturated heterocycles. The van der Waals surface area contributed by atoms with Crippen LogP contribution in [0, 0.1) is 11.8 Å². The molecule has 2 N–H and O–H groups in total. The average Bonchev–Trinajstić information content (AvgIpc) is 3.40. The Morgan fingerprint density at radius 1 is 1.00 bits per heavy atom. The first kappa shape index (κ1) is 16.0. The fourth-order valence-electron chi connectivity index (χ4n) is 3.47. The molecule has 0 heterocycles. The lowest BCUT2D eigenvalue weighted by Gasteiger charge is -2.32. The third kappa shape index (κ3) is 4.81. The Balaban J connectivity index is 1.49. The molecule has 1 aromatic rings. The summed E-state index contributed by atoms with van der Waals surface area (Å²) >= 11 is 0. The van der Waals surface area contributed by atoms with Crippen LogP contribution in [-0.4, -0.2) is 24.4 Å². The van der Waals surface area contributed by atoms with Crippen LogP contribution in [0.3, 0.4) is 0 Å². The second-order valence-corrected chi connectivity index (χ2v) is 6.90. The molecule has 2 fully saturated rings. The predicted molar refractivity (Wildman–Crippen MR) is 89.8 cm³/mol. The highest BCUT2D eigenvalue weighted by molar-refractivity contribution is 5.86. The molecule has 4 nitrogen and oxygen atoms in total. The van der Waals surface area contributed by atoms with Gasteiger partial charge in [0.25, 0.3) is 0 Å². The number of nitrogens with one attached hydrogen (secondary N) is 2. The van der Waals surface area contributed by atoms with Gasteiger partial charge in [0.1, 0.15) is 0 Å². The van der Waals surface area contributed by atoms with Gasteiger partial charge in [-0.15, -0.1) is 0 Å². The summed E-state index contributed by atoms with van der Waals surface area (Å²) in [7, 11) is 0. The molecule has 0 aliphatic heterocycles. The SMILES string of the molecule is O=C(CNC(=O)C1CC1)N[C@@H]1CCCC[C@@H]1Cc1ccccc1. The molecule has 2 atom stereocenters. The minimum Gasteiger partial charge on any atom is -0.352 e. The number of amides is 2. The Hall–Kier alpha value is -1.84. The van der Waals surface area contributed by atoms with E-state index in [1.807, 2.05) is 6.07 Å². The third-order valence-electron chi connectivity index (χ3n) is 4.97. The molecule has 0 aromatic heterocycles. The highest BCUT2D eigenvalue weighted by Gasteiger charge is 2.30. The summed E-state index contributed by atoms with van der Waals surface area (Å²) in [6.07, 6.45) is 7.56. The number of hydrogen-bond acceptors (Lipinski definition) is 2. The van der Waals surface area contributed by atoms with Crippen LogP contribution in [0.2, 0.25) is 0 Å². The van der Waals surface area contributed by atoms with Crippen molar-refractivity contribution in [3.05, 3.63) is 35.9 Å². The number of carbonyl (C=O) groups is 2. The summed E-state index contributed by atoms with van der Waals surface area (Å²) in [5.74, 6) is 0.631. The molecule has 0 spiro atoms. The maximum atomic E-state index is 12.1. The molecular weight excluding hydrogens is 288 g/mol. The average molecular weight is 314 g/mol. The van der Waals surface area contributed by atoms with Crippen LogP contribution in [0.25, 0.3) is 0 Å². The fraction of sp³-hybridized carbons (Fsp3) is 0.579. The number of carbonyl (C=O) groups excluding carboxylic acids is 2. The van der Waals surface area contributed by atoms with E-state index in [0.29, 0.717) is 5.92 Å². The zero-order valence-electron chi connectivity index (χ0n) is 13.6. The van der Waals surface area contributed by atoms with Gasteiger partial charge in [0.2, 0.25) is 11.8 Å². The Labute approximate surface area is 138 Å². The van der Waals surface area contributed by atoms with E-state index < -0.39 is 0 Å². The van der Waals surface area contributed by atoms with Gasteiger partial charge in [-0.2, -0.15) is 0 Å². The Kier molecular flexibility index (Phi) is 5.31. The molecule has 2 saturated carbocycles. The van der Waals surface area contributed by atoms with Crippen molar-refractivity contribution in [3.8, 4) is 0 Å². The van der Waals surface area contributed by atoms with Gasteiger partial charge in [0.15, 0.2) is 0 Å². The van der Waals surface area contributed by atoms with E-state index in [1.165, 1.54) is 18.4 Å². The van der Waals surface area contributed by atoms with E-state index in [1.54, 1.807) is 0 Å². The summed E-state index contributed by atoms with van der Waals surface area (Å²) in [6.45, 7) is 0.115. The van der Waals surface area contributed by atoms with Crippen molar-refractivity contribution in [2.45, 2.75) is 51.0 Å². The van der Waals surface area contributed by atoms with Crippen molar-refractivity contribution in [2.24, 2.45) is 11.8 Å². The van der Waals surface area contributed by atoms with E-state index in [9.17, 15) is 9.59 Å². The van der Waals surface area contributed by atoms with E-state index in [2.05, 4.69) is 34.9 Å². The maximum Gasteiger partial charge on any atom is 0.239 e. The van der Waals surface area contributed by atoms with Crippen LogP contribution >= 0.6 is 0 Å². The monoisotopic (exact) mass is 314 g/mol. The lowest BCUT2D eigenvalue weighted by atomic mass is 9.80. The second-order valence-electron chi connectivity index (χ2n) is 6.90. The van der Waals surface area contributed by atoms with Crippen molar-refractivity contribution < 1.29 is 9.59 Å². The molecule has 1 aromatic carbocycles. The summed E-state index contributed by atoms with van der Waals surface area (Å²) < 4.78 is 0. The molecule has 2 aliphatic rings. The third-order valence-corrected chi connectivity index (χ3v) is 4.97. The predicted octanol–water partition coefficient (Wildman–Crippen LogP) is 2.43. The van der Waals surface area contributed by atoms with Crippen molar-refractivity contribution in [2.75, 3.05) is 6.54 Å². The number of rotatable bonds is 6. The molecular formula is C19H26N2O2. The van der Waals surface area contributed by atoms with E-state index in [0.717, 1.165) is 32.1 Å². The van der Waals surface area contributed by atoms with Crippen molar-refractivity contribution in [1.29, 1.82) is 0 Å². The maximum absolute atomic E-state index is 12.1. The van der Waals surface area contributed by atoms with Crippen molar-refractivity contribution in [1.82, 2.24) is 10.6 Å². The Morgan fingerprint density at radius 2 is 1.74 bits per heavy atom. The topological polar surface area (TPSA) is 58.2 Å². The number of hydrogen-bond donors (Lipinski definition) is 2. The van der Waals surface area contributed by atoms with Crippen molar-refractivity contribution >= 4 is 11.8 Å². The van der Waals surface area contributed by atoms with Gasteiger partial charge in [0.05, 0.1) is 6.54 Å². The summed E-state index contributed by atoms with van der Waals surface area (Å²) in [5, 5.41) is 5.90. The van der Waals surface area contributed by atoms with Crippen LogP contribution < -0.4 is 10.6 Å². The van der Waals surface area contributed by atoms with Crippen LogP contribution in [0.15, 0.2) is 30.3 Å². The standard InChI is InChI=1S/C19H26N2O2/c22-18(13-20-19(23)15-10-11-15)21-17-9-5-4-8-16(17)12-14-6-2-1-3-7-14/h1-3,6-7,15-17H,4-5,8-13H2,(H,20,23)(H,21,22)/t16-,17-/m1/s1. The van der Waals surface area contributed by atoms with Crippen LogP contribution in [0.4, 0.5) is 0 Å². The smallest absolute Gasteiger partial charge is 0.239 e. The quantitative estimate of drug-likeness (QED) is 0.847. The van der Waals surface area contributed by atoms with Gasteiger partial charge in [-0.3, -0.25) is 9.59 Å². The molecule has 2 aliphatic carbocycles. The summed E-state index contributed by atoms with van der Waals surface area (Å²) in [5.41, 5.74) is 1.33. The van der Waals surface area contributed by atoms with E-state index >= 15 is 0 Å². The zero-order chi connectivity index (χ0) is 16.1. The molecule has 23 heavy (non-hydrogen) atoms. The van der Waals surface area contributed by atoms with Crippen molar-refractivity contribution in [3.63, 3.8) is 0 Å². The van der Waals surface area contributed by atoms with E-state index in [-0.39, 0.29) is 30.3 Å². The molecule has 124 valence electrons. The zero-order valence-corrected chi connectivity index (χ0v) is 13.6. The first-order valence-electron chi connectivity index (χ1n) is 8.83. The van der Waals surface area contributed by atoms with Gasteiger partial charge < -0.3 is 10.6 Å². The van der Waals surface area contributed by atoms with Gasteiger partial charge in [0, 0.05) is 12.0 Å². The largest absolute Gasteiger partial charge is 0.352 e. The molecule has 3 rings (SSSR count). The van der Waals surface area contributed by atoms with Gasteiger partial charge in [-0.05, 0) is 43.6 Å². The minimum atomic E-state index is -0.0519. The molecule has 0 unspecified atom stereocenters. The lowest BCUT2D eigenvalue weighted by molar-refractivity contribution is -0.127. The van der Waals surface area contributed by atoms with Gasteiger partial charge >= 0.3 is 0 Å². The first-order valence-corrected chi connectivity index (χ1v) is 8.83. The van der Waals surface area contributed by atoms with Gasteiger partial charge in [-0.25, -0.2) is 0 Å². The van der Waals surface area contributed by atoms with Crippen LogP contribution in [0.5, 0.6) is 0 Å². The Morgan fingerprint density at radius 3 is 2.48 bits per heavy atom. The normalized spacial score (nSPS) is 24.0. The fourth-order valence-corrected chi connectivity index (χ4v) is 3.47. The summed E-state index contributed by atoms with van der Waals surface area (Å²) in [4.78, 5) is 23.7. The minimum absolute atomic E-state index is 0.0321. The molecule has 0 bridgehead atoms. The Bertz CT molecular complexity index is 540. The molecule has 2 amide bonds. The number of benzene rings is 1. The highest BCUT2D eigenvalue weighted by Crippen LogP contribution is 2.29. The van der Waals surface area contributed by atoms with E-state index in [4.69, 9.17) is 0 Å². The van der Waals surface area contributed by atoms with Crippen LogP contribution in [0.1, 0.15) is 44.1 Å². The highest BCUT2D eigenvalue weighted by atomic mass is 16.2. The summed E-state index contributed by atoms with van der Waals surface area (Å²) in [6, 6.07) is 10.7. The second kappa shape index (κ2) is 7.62. The molecule has 0 radical (unpaired) electrons. The van der Waals surface area contributed by atoms with Crippen LogP contribution in [-0.2, 0) is 16.0 Å².